The van der Waals surface area contributed by atoms with Crippen LogP contribution in [0, 0.1) is 13.8 Å². The molecule has 0 aliphatic rings. The van der Waals surface area contributed by atoms with Gasteiger partial charge in [-0.3, -0.25) is 0 Å². The first-order valence-electron chi connectivity index (χ1n) is 5.08. The van der Waals surface area contributed by atoms with Crippen LogP contribution in [0.4, 0.5) is 0 Å². The van der Waals surface area contributed by atoms with Gasteiger partial charge >= 0.3 is 0 Å². The highest BCUT2D eigenvalue weighted by molar-refractivity contribution is 5.79. The van der Waals surface area contributed by atoms with E-state index in [9.17, 15) is 0 Å². The summed E-state index contributed by atoms with van der Waals surface area (Å²) in [5.74, 6) is 0.861. The molecule has 0 fully saturated rings. The van der Waals surface area contributed by atoms with Crippen LogP contribution in [0.15, 0.2) is 16.5 Å². The average molecular weight is 189 g/mol. The number of fused-ring (bicyclic) bond motifs is 1. The Bertz CT molecular complexity index is 418. The number of nitrogens with zero attached hydrogens (tertiary/aromatic N) is 1. The van der Waals surface area contributed by atoms with Crippen molar-refractivity contribution >= 4 is 11.1 Å². The molecule has 0 bridgehead atoms. The third-order valence-electron chi connectivity index (χ3n) is 2.45. The molecule has 1 heterocycles. The van der Waals surface area contributed by atoms with Gasteiger partial charge in [-0.1, -0.05) is 19.1 Å². The van der Waals surface area contributed by atoms with Crippen LogP contribution in [0.2, 0.25) is 0 Å². The van der Waals surface area contributed by atoms with Crippen LogP contribution in [-0.2, 0) is 6.42 Å². The highest BCUT2D eigenvalue weighted by Gasteiger charge is 2.08. The van der Waals surface area contributed by atoms with E-state index in [1.807, 2.05) is 0 Å². The molecule has 0 aliphatic heterocycles. The lowest BCUT2D eigenvalue weighted by molar-refractivity contribution is 0.524. The first-order chi connectivity index (χ1) is 6.72. The number of rotatable bonds is 2. The van der Waals surface area contributed by atoms with Crippen LogP contribution in [0.25, 0.3) is 11.1 Å². The molecule has 0 amide bonds. The van der Waals surface area contributed by atoms with Crippen molar-refractivity contribution in [1.29, 1.82) is 0 Å². The molecule has 0 atom stereocenters. The lowest BCUT2D eigenvalue weighted by atomic mass is 10.1. The first kappa shape index (κ1) is 9.25. The van der Waals surface area contributed by atoms with Gasteiger partial charge in [0.2, 0.25) is 0 Å². The summed E-state index contributed by atoms with van der Waals surface area (Å²) in [5, 5.41) is 0. The van der Waals surface area contributed by atoms with E-state index in [0.717, 1.165) is 29.8 Å². The number of hydrogen-bond acceptors (Lipinski definition) is 2. The van der Waals surface area contributed by atoms with Gasteiger partial charge in [0.25, 0.3) is 0 Å². The second kappa shape index (κ2) is 3.45. The molecule has 74 valence electrons. The van der Waals surface area contributed by atoms with Crippen LogP contribution in [0.3, 0.4) is 0 Å². The Morgan fingerprint density at radius 3 is 2.57 bits per heavy atom. The molecule has 0 unspecified atom stereocenters. The summed E-state index contributed by atoms with van der Waals surface area (Å²) in [5.41, 5.74) is 4.33. The number of aromatic nitrogens is 1. The van der Waals surface area contributed by atoms with Crippen molar-refractivity contribution in [3.8, 4) is 0 Å². The molecule has 1 aromatic heterocycles. The van der Waals surface area contributed by atoms with E-state index >= 15 is 0 Å². The predicted octanol–water partition coefficient (Wildman–Crippen LogP) is 3.40. The predicted molar refractivity (Wildman–Crippen MR) is 57.5 cm³/mol. The second-order valence-corrected chi connectivity index (χ2v) is 3.73. The van der Waals surface area contributed by atoms with E-state index in [4.69, 9.17) is 4.42 Å². The Morgan fingerprint density at radius 1 is 1.21 bits per heavy atom. The van der Waals surface area contributed by atoms with E-state index in [1.54, 1.807) is 0 Å². The SMILES string of the molecule is CCCc1nc2c(C)ccc(C)c2o1. The zero-order valence-corrected chi connectivity index (χ0v) is 8.92. The van der Waals surface area contributed by atoms with Crippen LogP contribution in [0.1, 0.15) is 30.4 Å². The molecule has 0 N–H and O–H groups in total. The average Bonchev–Trinajstić information content (AvgIpc) is 2.57. The topological polar surface area (TPSA) is 26.0 Å². The molecule has 0 radical (unpaired) electrons. The zero-order valence-electron chi connectivity index (χ0n) is 8.92. The molecular weight excluding hydrogens is 174 g/mol. The molecule has 0 aliphatic carbocycles. The van der Waals surface area contributed by atoms with Crippen molar-refractivity contribution in [2.24, 2.45) is 0 Å². The van der Waals surface area contributed by atoms with Gasteiger partial charge in [-0.25, -0.2) is 4.98 Å². The molecule has 0 spiro atoms. The van der Waals surface area contributed by atoms with Crippen molar-refractivity contribution in [1.82, 2.24) is 4.98 Å². The fourth-order valence-corrected chi connectivity index (χ4v) is 1.62. The van der Waals surface area contributed by atoms with Crippen LogP contribution in [-0.4, -0.2) is 4.98 Å². The molecule has 2 nitrogen and oxygen atoms in total. The third kappa shape index (κ3) is 1.41. The molecule has 2 heteroatoms. The molecule has 2 rings (SSSR count). The van der Waals surface area contributed by atoms with Gasteiger partial charge in [-0.05, 0) is 31.4 Å². The maximum atomic E-state index is 5.71. The van der Waals surface area contributed by atoms with Crippen molar-refractivity contribution in [2.45, 2.75) is 33.6 Å². The summed E-state index contributed by atoms with van der Waals surface area (Å²) in [6, 6.07) is 4.18. The molecular formula is C12H15NO. The van der Waals surface area contributed by atoms with Crippen LogP contribution < -0.4 is 0 Å². The summed E-state index contributed by atoms with van der Waals surface area (Å²) in [7, 11) is 0. The summed E-state index contributed by atoms with van der Waals surface area (Å²) < 4.78 is 5.71. The summed E-state index contributed by atoms with van der Waals surface area (Å²) in [6.07, 6.45) is 2.00. The van der Waals surface area contributed by atoms with Gasteiger partial charge in [0, 0.05) is 6.42 Å². The summed E-state index contributed by atoms with van der Waals surface area (Å²) in [6.45, 7) is 6.26. The maximum Gasteiger partial charge on any atom is 0.195 e. The van der Waals surface area contributed by atoms with E-state index < -0.39 is 0 Å². The minimum atomic E-state index is 0.861. The molecule has 1 aromatic carbocycles. The summed E-state index contributed by atoms with van der Waals surface area (Å²) in [4.78, 5) is 4.50. The number of benzene rings is 1. The molecule has 14 heavy (non-hydrogen) atoms. The van der Waals surface area contributed by atoms with Gasteiger partial charge in [-0.15, -0.1) is 0 Å². The van der Waals surface area contributed by atoms with Gasteiger partial charge in [-0.2, -0.15) is 0 Å². The fourth-order valence-electron chi connectivity index (χ4n) is 1.62. The highest BCUT2D eigenvalue weighted by atomic mass is 16.3. The van der Waals surface area contributed by atoms with Gasteiger partial charge in [0.15, 0.2) is 11.5 Å². The standard InChI is InChI=1S/C12H15NO/c1-4-5-10-13-11-8(2)6-7-9(3)12(11)14-10/h6-7H,4-5H2,1-3H3. The summed E-state index contributed by atoms with van der Waals surface area (Å²) >= 11 is 0. The van der Waals surface area contributed by atoms with E-state index in [-0.39, 0.29) is 0 Å². The van der Waals surface area contributed by atoms with Crippen molar-refractivity contribution in [2.75, 3.05) is 0 Å². The molecule has 0 saturated heterocycles. The lowest BCUT2D eigenvalue weighted by Gasteiger charge is -1.95. The van der Waals surface area contributed by atoms with E-state index in [2.05, 4.69) is 37.9 Å². The molecule has 2 aromatic rings. The van der Waals surface area contributed by atoms with Crippen LogP contribution in [0.5, 0.6) is 0 Å². The Morgan fingerprint density at radius 2 is 1.93 bits per heavy atom. The monoisotopic (exact) mass is 189 g/mol. The third-order valence-corrected chi connectivity index (χ3v) is 2.45. The normalized spacial score (nSPS) is 11.1. The van der Waals surface area contributed by atoms with E-state index in [1.165, 1.54) is 11.1 Å². The minimum Gasteiger partial charge on any atom is -0.440 e. The number of hydrogen-bond donors (Lipinski definition) is 0. The first-order valence-corrected chi connectivity index (χ1v) is 5.08. The number of oxazole rings is 1. The van der Waals surface area contributed by atoms with Gasteiger partial charge in [0.05, 0.1) is 0 Å². The minimum absolute atomic E-state index is 0.861. The van der Waals surface area contributed by atoms with Crippen molar-refractivity contribution in [3.63, 3.8) is 0 Å². The number of aryl methyl sites for hydroxylation is 3. The second-order valence-electron chi connectivity index (χ2n) is 3.73. The van der Waals surface area contributed by atoms with E-state index in [0.29, 0.717) is 0 Å². The quantitative estimate of drug-likeness (QED) is 0.723. The molecule has 0 saturated carbocycles. The Kier molecular flexibility index (Phi) is 2.28. The zero-order chi connectivity index (χ0) is 10.1. The Hall–Kier alpha value is -1.31. The van der Waals surface area contributed by atoms with Crippen molar-refractivity contribution in [3.05, 3.63) is 29.2 Å². The highest BCUT2D eigenvalue weighted by Crippen LogP contribution is 2.23. The smallest absolute Gasteiger partial charge is 0.195 e. The van der Waals surface area contributed by atoms with Crippen LogP contribution >= 0.6 is 0 Å². The maximum absolute atomic E-state index is 5.71. The Labute approximate surface area is 84.0 Å². The van der Waals surface area contributed by atoms with Crippen molar-refractivity contribution < 1.29 is 4.42 Å². The fraction of sp³-hybridized carbons (Fsp3) is 0.417. The Balaban J connectivity index is 2.63. The largest absolute Gasteiger partial charge is 0.440 e. The lowest BCUT2D eigenvalue weighted by Crippen LogP contribution is -1.81. The van der Waals surface area contributed by atoms with Gasteiger partial charge in [0.1, 0.15) is 5.52 Å². The van der Waals surface area contributed by atoms with Gasteiger partial charge < -0.3 is 4.42 Å².